The maximum Gasteiger partial charge on any atom is 0.237 e. The molecule has 3 heterocycles. The third kappa shape index (κ3) is 4.16. The third-order valence-electron chi connectivity index (χ3n) is 4.04. The van der Waals surface area contributed by atoms with Crippen LogP contribution in [0.25, 0.3) is 0 Å². The van der Waals surface area contributed by atoms with Gasteiger partial charge < -0.3 is 19.5 Å². The fourth-order valence-corrected chi connectivity index (χ4v) is 2.70. The van der Waals surface area contributed by atoms with E-state index in [2.05, 4.69) is 25.5 Å². The van der Waals surface area contributed by atoms with Gasteiger partial charge in [-0.1, -0.05) is 12.1 Å². The Morgan fingerprint density at radius 1 is 1.12 bits per heavy atom. The summed E-state index contributed by atoms with van der Waals surface area (Å²) in [6.45, 7) is 1.90. The Labute approximate surface area is 150 Å². The van der Waals surface area contributed by atoms with Gasteiger partial charge in [0.2, 0.25) is 5.88 Å². The van der Waals surface area contributed by atoms with E-state index in [-0.39, 0.29) is 12.1 Å². The molecule has 2 N–H and O–H groups in total. The molecule has 2 atom stereocenters. The molecule has 1 saturated heterocycles. The molecule has 2 aromatic heterocycles. The summed E-state index contributed by atoms with van der Waals surface area (Å²) >= 11 is 0. The smallest absolute Gasteiger partial charge is 0.237 e. The number of nitrogens with one attached hydrogen (secondary N) is 2. The molecule has 0 aliphatic carbocycles. The highest BCUT2D eigenvalue weighted by Crippen LogP contribution is 2.19. The predicted molar refractivity (Wildman–Crippen MR) is 93.0 cm³/mol. The molecule has 0 bridgehead atoms. The van der Waals surface area contributed by atoms with E-state index in [0.29, 0.717) is 25.6 Å². The summed E-state index contributed by atoms with van der Waals surface area (Å²) < 4.78 is 17.1. The monoisotopic (exact) mass is 353 g/mol. The standard InChI is InChI=1S/C18H19N5O3/c1-3-14(26-18-10-19-5-6-20-18)4-2-13(1)7-21-16-11-24-12-17(16)25-15-8-22-23-9-15/h1-6,8-10,16-17,21H,7,11-12H2,(H,22,23)/t16-,17+/m0/s1. The van der Waals surface area contributed by atoms with E-state index in [0.717, 1.165) is 17.1 Å². The lowest BCUT2D eigenvalue weighted by atomic mass is 10.1. The minimum absolute atomic E-state index is 0.0353. The highest BCUT2D eigenvalue weighted by atomic mass is 16.5. The quantitative estimate of drug-likeness (QED) is 0.670. The summed E-state index contributed by atoms with van der Waals surface area (Å²) in [5.74, 6) is 1.91. The van der Waals surface area contributed by atoms with Crippen LogP contribution in [0.3, 0.4) is 0 Å². The molecule has 0 radical (unpaired) electrons. The second-order valence-electron chi connectivity index (χ2n) is 5.90. The van der Waals surface area contributed by atoms with Crippen molar-refractivity contribution < 1.29 is 14.2 Å². The van der Waals surface area contributed by atoms with Crippen LogP contribution in [-0.2, 0) is 11.3 Å². The normalized spacial score (nSPS) is 19.4. The van der Waals surface area contributed by atoms with Gasteiger partial charge in [0.25, 0.3) is 0 Å². The fourth-order valence-electron chi connectivity index (χ4n) is 2.70. The lowest BCUT2D eigenvalue weighted by Crippen LogP contribution is -2.41. The molecule has 1 aliphatic heterocycles. The molecular weight excluding hydrogens is 334 g/mol. The van der Waals surface area contributed by atoms with Crippen LogP contribution in [0.2, 0.25) is 0 Å². The number of hydrogen-bond donors (Lipinski definition) is 2. The molecule has 8 heteroatoms. The zero-order chi connectivity index (χ0) is 17.6. The Balaban J connectivity index is 1.30. The SMILES string of the molecule is c1cnc(Oc2ccc(CN[C@H]3COC[C@H]3Oc3cn[nH]c3)cc2)cn1. The van der Waals surface area contributed by atoms with E-state index in [9.17, 15) is 0 Å². The number of rotatable bonds is 7. The molecule has 1 aromatic carbocycles. The minimum Gasteiger partial charge on any atom is -0.483 e. The van der Waals surface area contributed by atoms with Gasteiger partial charge in [0.15, 0.2) is 5.75 Å². The van der Waals surface area contributed by atoms with Crippen molar-refractivity contribution in [2.45, 2.75) is 18.7 Å². The molecule has 4 rings (SSSR count). The van der Waals surface area contributed by atoms with Gasteiger partial charge in [0, 0.05) is 18.9 Å². The number of aromatic nitrogens is 4. The van der Waals surface area contributed by atoms with Crippen LogP contribution in [0, 0.1) is 0 Å². The van der Waals surface area contributed by atoms with Crippen molar-refractivity contribution in [1.82, 2.24) is 25.5 Å². The van der Waals surface area contributed by atoms with Crippen LogP contribution < -0.4 is 14.8 Å². The number of ether oxygens (including phenoxy) is 3. The van der Waals surface area contributed by atoms with Gasteiger partial charge in [-0.25, -0.2) is 4.98 Å². The first-order valence-electron chi connectivity index (χ1n) is 8.36. The first kappa shape index (κ1) is 16.5. The summed E-state index contributed by atoms with van der Waals surface area (Å²) in [6.07, 6.45) is 8.13. The van der Waals surface area contributed by atoms with Crippen LogP contribution >= 0.6 is 0 Å². The van der Waals surface area contributed by atoms with Crippen LogP contribution in [-0.4, -0.2) is 45.5 Å². The zero-order valence-corrected chi connectivity index (χ0v) is 14.0. The molecule has 26 heavy (non-hydrogen) atoms. The van der Waals surface area contributed by atoms with Crippen molar-refractivity contribution in [3.05, 3.63) is 60.8 Å². The number of hydrogen-bond acceptors (Lipinski definition) is 7. The van der Waals surface area contributed by atoms with Gasteiger partial charge in [-0.05, 0) is 17.7 Å². The number of benzene rings is 1. The Bertz CT molecular complexity index is 795. The minimum atomic E-state index is -0.0353. The molecule has 3 aromatic rings. The summed E-state index contributed by atoms with van der Waals surface area (Å²) in [5, 5.41) is 10.1. The van der Waals surface area contributed by atoms with E-state index in [1.54, 1.807) is 31.0 Å². The van der Waals surface area contributed by atoms with E-state index < -0.39 is 0 Å². The van der Waals surface area contributed by atoms with Crippen molar-refractivity contribution in [3.8, 4) is 17.4 Å². The van der Waals surface area contributed by atoms with E-state index >= 15 is 0 Å². The molecule has 1 aliphatic rings. The molecule has 8 nitrogen and oxygen atoms in total. The Hall–Kier alpha value is -2.97. The van der Waals surface area contributed by atoms with Gasteiger partial charge in [-0.2, -0.15) is 5.10 Å². The van der Waals surface area contributed by atoms with Gasteiger partial charge in [0.1, 0.15) is 11.9 Å². The molecular formula is C18H19N5O3. The summed E-state index contributed by atoms with van der Waals surface area (Å²) in [7, 11) is 0. The van der Waals surface area contributed by atoms with E-state index in [1.165, 1.54) is 0 Å². The molecule has 0 saturated carbocycles. The van der Waals surface area contributed by atoms with Crippen LogP contribution in [0.4, 0.5) is 0 Å². The highest BCUT2D eigenvalue weighted by Gasteiger charge is 2.29. The topological polar surface area (TPSA) is 94.2 Å². The Morgan fingerprint density at radius 2 is 2.04 bits per heavy atom. The largest absolute Gasteiger partial charge is 0.483 e. The predicted octanol–water partition coefficient (Wildman–Crippen LogP) is 1.93. The Morgan fingerprint density at radius 3 is 2.81 bits per heavy atom. The van der Waals surface area contributed by atoms with Crippen molar-refractivity contribution in [1.29, 1.82) is 0 Å². The van der Waals surface area contributed by atoms with Crippen molar-refractivity contribution in [2.24, 2.45) is 0 Å². The zero-order valence-electron chi connectivity index (χ0n) is 14.0. The third-order valence-corrected chi connectivity index (χ3v) is 4.04. The lowest BCUT2D eigenvalue weighted by Gasteiger charge is -2.19. The number of aromatic amines is 1. The highest BCUT2D eigenvalue weighted by molar-refractivity contribution is 5.29. The first-order valence-corrected chi connectivity index (χ1v) is 8.36. The molecule has 0 amide bonds. The Kier molecular flexibility index (Phi) is 5.04. The van der Waals surface area contributed by atoms with Crippen molar-refractivity contribution in [2.75, 3.05) is 13.2 Å². The van der Waals surface area contributed by atoms with Gasteiger partial charge >= 0.3 is 0 Å². The van der Waals surface area contributed by atoms with Crippen LogP contribution in [0.1, 0.15) is 5.56 Å². The molecule has 1 fully saturated rings. The van der Waals surface area contributed by atoms with Crippen molar-refractivity contribution in [3.63, 3.8) is 0 Å². The molecule has 134 valence electrons. The fraction of sp³-hybridized carbons (Fsp3) is 0.278. The van der Waals surface area contributed by atoms with Gasteiger partial charge in [-0.3, -0.25) is 10.1 Å². The van der Waals surface area contributed by atoms with Crippen molar-refractivity contribution >= 4 is 0 Å². The second-order valence-corrected chi connectivity index (χ2v) is 5.90. The first-order chi connectivity index (χ1) is 12.9. The summed E-state index contributed by atoms with van der Waals surface area (Å²) in [5.41, 5.74) is 1.14. The number of H-pyrrole nitrogens is 1. The lowest BCUT2D eigenvalue weighted by molar-refractivity contribution is 0.139. The molecule has 0 spiro atoms. The maximum absolute atomic E-state index is 5.89. The van der Waals surface area contributed by atoms with Gasteiger partial charge in [0.05, 0.1) is 37.8 Å². The summed E-state index contributed by atoms with van der Waals surface area (Å²) in [4.78, 5) is 8.07. The average Bonchev–Trinajstić information content (AvgIpc) is 3.35. The van der Waals surface area contributed by atoms with Gasteiger partial charge in [-0.15, -0.1) is 0 Å². The van der Waals surface area contributed by atoms with E-state index in [1.807, 2.05) is 24.3 Å². The van der Waals surface area contributed by atoms with E-state index in [4.69, 9.17) is 14.2 Å². The molecule has 0 unspecified atom stereocenters. The van der Waals surface area contributed by atoms with Crippen LogP contribution in [0.5, 0.6) is 17.4 Å². The van der Waals surface area contributed by atoms with Crippen LogP contribution in [0.15, 0.2) is 55.2 Å². The summed E-state index contributed by atoms with van der Waals surface area (Å²) in [6, 6.07) is 7.98. The second kappa shape index (κ2) is 7.94. The average molecular weight is 353 g/mol. The number of nitrogens with zero attached hydrogens (tertiary/aromatic N) is 3. The maximum atomic E-state index is 5.89.